The number of aromatic nitrogens is 1. The number of benzene rings is 1. The van der Waals surface area contributed by atoms with Crippen molar-refractivity contribution >= 4 is 35.3 Å². The molecule has 0 radical (unpaired) electrons. The Morgan fingerprint density at radius 2 is 1.91 bits per heavy atom. The number of amides is 3. The van der Waals surface area contributed by atoms with Gasteiger partial charge in [-0.3, -0.25) is 14.4 Å². The standard InChI is InChI=1S/C25H28N4O5S/c1-33-19-9-7-15(11-20(19)34-2)13-29-24(32)17-5-3-4-6-18(17)25(29)35-14-22(30)28-21-10-8-16(12-27-21)23(26)31/h7-12,25H,3-6,13-14H2,1-2H3,(H2,26,31)(H,27,28,30). The Kier molecular flexibility index (Phi) is 7.60. The second-order valence-electron chi connectivity index (χ2n) is 8.34. The van der Waals surface area contributed by atoms with Gasteiger partial charge in [0.1, 0.15) is 11.2 Å². The van der Waals surface area contributed by atoms with Crippen LogP contribution in [0.1, 0.15) is 41.6 Å². The predicted octanol–water partition coefficient (Wildman–Crippen LogP) is 3.11. The highest BCUT2D eigenvalue weighted by Crippen LogP contribution is 2.42. The molecule has 0 bridgehead atoms. The molecular formula is C25H28N4O5S. The Balaban J connectivity index is 1.47. The van der Waals surface area contributed by atoms with Gasteiger partial charge in [0.05, 0.1) is 25.5 Å². The Bertz CT molecular complexity index is 1160. The number of primary amides is 1. The lowest BCUT2D eigenvalue weighted by atomic mass is 9.94. The number of thioether (sulfide) groups is 1. The fourth-order valence-electron chi connectivity index (χ4n) is 4.38. The number of hydrogen-bond donors (Lipinski definition) is 2. The molecule has 1 aromatic heterocycles. The molecule has 184 valence electrons. The summed E-state index contributed by atoms with van der Waals surface area (Å²) >= 11 is 1.43. The molecule has 2 aliphatic rings. The summed E-state index contributed by atoms with van der Waals surface area (Å²) in [4.78, 5) is 43.0. The summed E-state index contributed by atoms with van der Waals surface area (Å²) in [6, 6.07) is 8.67. The molecule has 10 heteroatoms. The molecule has 1 aliphatic heterocycles. The number of anilines is 1. The van der Waals surface area contributed by atoms with Crippen molar-refractivity contribution in [2.45, 2.75) is 37.6 Å². The summed E-state index contributed by atoms with van der Waals surface area (Å²) in [7, 11) is 3.16. The largest absolute Gasteiger partial charge is 0.493 e. The normalized spacial score (nSPS) is 17.3. The lowest BCUT2D eigenvalue weighted by Gasteiger charge is -2.27. The molecule has 1 atom stereocenters. The van der Waals surface area contributed by atoms with Gasteiger partial charge in [-0.2, -0.15) is 0 Å². The fourth-order valence-corrected chi connectivity index (χ4v) is 5.57. The summed E-state index contributed by atoms with van der Waals surface area (Å²) in [5, 5.41) is 2.53. The smallest absolute Gasteiger partial charge is 0.251 e. The molecule has 3 N–H and O–H groups in total. The van der Waals surface area contributed by atoms with E-state index in [1.807, 2.05) is 23.1 Å². The van der Waals surface area contributed by atoms with Crippen LogP contribution in [0, 0.1) is 0 Å². The highest BCUT2D eigenvalue weighted by molar-refractivity contribution is 8.00. The van der Waals surface area contributed by atoms with Gasteiger partial charge in [-0.25, -0.2) is 4.98 Å². The third-order valence-electron chi connectivity index (χ3n) is 6.10. The quantitative estimate of drug-likeness (QED) is 0.547. The zero-order chi connectivity index (χ0) is 24.9. The van der Waals surface area contributed by atoms with E-state index in [1.165, 1.54) is 30.1 Å². The van der Waals surface area contributed by atoms with E-state index < -0.39 is 5.91 Å². The van der Waals surface area contributed by atoms with E-state index in [0.717, 1.165) is 42.4 Å². The molecule has 0 fully saturated rings. The van der Waals surface area contributed by atoms with E-state index in [2.05, 4.69) is 10.3 Å². The van der Waals surface area contributed by atoms with Crippen molar-refractivity contribution in [1.82, 2.24) is 9.88 Å². The predicted molar refractivity (Wildman–Crippen MR) is 133 cm³/mol. The van der Waals surface area contributed by atoms with E-state index in [4.69, 9.17) is 15.2 Å². The van der Waals surface area contributed by atoms with Crippen LogP contribution in [-0.2, 0) is 16.1 Å². The average molecular weight is 497 g/mol. The molecule has 9 nitrogen and oxygen atoms in total. The third kappa shape index (κ3) is 5.43. The maximum Gasteiger partial charge on any atom is 0.251 e. The van der Waals surface area contributed by atoms with Crippen molar-refractivity contribution in [3.05, 3.63) is 58.8 Å². The van der Waals surface area contributed by atoms with E-state index in [9.17, 15) is 14.4 Å². The Morgan fingerprint density at radius 3 is 2.60 bits per heavy atom. The molecule has 4 rings (SSSR count). The van der Waals surface area contributed by atoms with Crippen LogP contribution in [0.3, 0.4) is 0 Å². The summed E-state index contributed by atoms with van der Waals surface area (Å²) < 4.78 is 10.7. The van der Waals surface area contributed by atoms with Crippen LogP contribution in [0.2, 0.25) is 0 Å². The zero-order valence-electron chi connectivity index (χ0n) is 19.7. The molecular weight excluding hydrogens is 468 g/mol. The van der Waals surface area contributed by atoms with Crippen LogP contribution in [0.15, 0.2) is 47.7 Å². The second kappa shape index (κ2) is 10.8. The fraction of sp³-hybridized carbons (Fsp3) is 0.360. The molecule has 1 unspecified atom stereocenters. The van der Waals surface area contributed by atoms with E-state index in [-0.39, 0.29) is 28.5 Å². The highest BCUT2D eigenvalue weighted by atomic mass is 32.2. The second-order valence-corrected chi connectivity index (χ2v) is 9.41. The molecule has 0 saturated heterocycles. The molecule has 2 aromatic rings. The van der Waals surface area contributed by atoms with Crippen molar-refractivity contribution in [2.24, 2.45) is 5.73 Å². The van der Waals surface area contributed by atoms with Gasteiger partial charge in [0.25, 0.3) is 5.91 Å². The molecule has 0 saturated carbocycles. The SMILES string of the molecule is COc1ccc(CN2C(=O)C3=C(CCCC3)C2SCC(=O)Nc2ccc(C(N)=O)cn2)cc1OC. The van der Waals surface area contributed by atoms with Crippen molar-refractivity contribution in [1.29, 1.82) is 0 Å². The van der Waals surface area contributed by atoms with Crippen LogP contribution in [-0.4, -0.2) is 53.0 Å². The van der Waals surface area contributed by atoms with Crippen molar-refractivity contribution in [3.8, 4) is 11.5 Å². The van der Waals surface area contributed by atoms with Crippen molar-refractivity contribution < 1.29 is 23.9 Å². The number of rotatable bonds is 9. The van der Waals surface area contributed by atoms with Gasteiger partial charge < -0.3 is 25.4 Å². The summed E-state index contributed by atoms with van der Waals surface area (Å²) in [6.45, 7) is 0.404. The minimum Gasteiger partial charge on any atom is -0.493 e. The van der Waals surface area contributed by atoms with E-state index in [0.29, 0.717) is 23.9 Å². The Labute approximate surface area is 208 Å². The van der Waals surface area contributed by atoms with E-state index >= 15 is 0 Å². The zero-order valence-corrected chi connectivity index (χ0v) is 20.5. The number of hydrogen-bond acceptors (Lipinski definition) is 7. The molecule has 0 spiro atoms. The van der Waals surface area contributed by atoms with Crippen LogP contribution < -0.4 is 20.5 Å². The number of pyridine rings is 1. The van der Waals surface area contributed by atoms with Gasteiger partial charge in [-0.1, -0.05) is 6.07 Å². The van der Waals surface area contributed by atoms with Crippen LogP contribution in [0.4, 0.5) is 5.82 Å². The van der Waals surface area contributed by atoms with Crippen molar-refractivity contribution in [3.63, 3.8) is 0 Å². The molecule has 3 amide bonds. The molecule has 1 aliphatic carbocycles. The number of ether oxygens (including phenoxy) is 2. The number of methoxy groups -OCH3 is 2. The number of nitrogens with one attached hydrogen (secondary N) is 1. The van der Waals surface area contributed by atoms with E-state index in [1.54, 1.807) is 14.2 Å². The number of carbonyl (C=O) groups is 3. The lowest BCUT2D eigenvalue weighted by molar-refractivity contribution is -0.126. The number of carbonyl (C=O) groups excluding carboxylic acids is 3. The van der Waals surface area contributed by atoms with Gasteiger partial charge in [0.2, 0.25) is 11.8 Å². The Hall–Kier alpha value is -3.53. The first-order valence-electron chi connectivity index (χ1n) is 11.3. The summed E-state index contributed by atoms with van der Waals surface area (Å²) in [5.41, 5.74) is 8.43. The molecule has 35 heavy (non-hydrogen) atoms. The average Bonchev–Trinajstić information content (AvgIpc) is 3.13. The number of nitrogens with zero attached hydrogens (tertiary/aromatic N) is 2. The van der Waals surface area contributed by atoms with Gasteiger partial charge in [-0.05, 0) is 61.1 Å². The number of nitrogens with two attached hydrogens (primary N) is 1. The first-order chi connectivity index (χ1) is 16.9. The third-order valence-corrected chi connectivity index (χ3v) is 7.38. The lowest BCUT2D eigenvalue weighted by Crippen LogP contribution is -2.34. The monoisotopic (exact) mass is 496 g/mol. The minimum atomic E-state index is -0.581. The first-order valence-corrected chi connectivity index (χ1v) is 12.4. The van der Waals surface area contributed by atoms with Gasteiger partial charge in [0.15, 0.2) is 11.5 Å². The van der Waals surface area contributed by atoms with Crippen molar-refractivity contribution in [2.75, 3.05) is 25.3 Å². The summed E-state index contributed by atoms with van der Waals surface area (Å²) in [6.07, 6.45) is 4.99. The first kappa shape index (κ1) is 24.6. The topological polar surface area (TPSA) is 124 Å². The maximum absolute atomic E-state index is 13.3. The van der Waals surface area contributed by atoms with Gasteiger partial charge >= 0.3 is 0 Å². The highest BCUT2D eigenvalue weighted by Gasteiger charge is 2.40. The Morgan fingerprint density at radius 1 is 1.14 bits per heavy atom. The van der Waals surface area contributed by atoms with Gasteiger partial charge in [0, 0.05) is 18.3 Å². The molecule has 1 aromatic carbocycles. The van der Waals surface area contributed by atoms with Gasteiger partial charge in [-0.15, -0.1) is 11.8 Å². The van der Waals surface area contributed by atoms with Crippen LogP contribution >= 0.6 is 11.8 Å². The van der Waals surface area contributed by atoms with Crippen LogP contribution in [0.25, 0.3) is 0 Å². The molecule has 2 heterocycles. The maximum atomic E-state index is 13.3. The van der Waals surface area contributed by atoms with Crippen LogP contribution in [0.5, 0.6) is 11.5 Å². The minimum absolute atomic E-state index is 0.0381. The summed E-state index contributed by atoms with van der Waals surface area (Å²) in [5.74, 6) is 0.935.